The van der Waals surface area contributed by atoms with E-state index in [0.29, 0.717) is 6.54 Å². The normalized spacial score (nSPS) is 9.27. The molecule has 1 N–H and O–H groups in total. The lowest BCUT2D eigenvalue weighted by Crippen LogP contribution is -2.28. The van der Waals surface area contributed by atoms with Gasteiger partial charge in [-0.15, -0.1) is 0 Å². The predicted octanol–water partition coefficient (Wildman–Crippen LogP) is 1.04. The molecule has 5 heteroatoms. The Balaban J connectivity index is 3.25. The monoisotopic (exact) mass is 241 g/mol. The molecule has 0 radical (unpaired) electrons. The van der Waals surface area contributed by atoms with Crippen molar-refractivity contribution < 1.29 is 9.59 Å². The molecule has 0 heterocycles. The Labute approximate surface area is 78.6 Å². The first-order valence-electron chi connectivity index (χ1n) is 3.22. The average Bonchev–Trinajstić information content (AvgIpc) is 1.97. The van der Waals surface area contributed by atoms with Crippen molar-refractivity contribution in [1.29, 1.82) is 0 Å². The maximum Gasteiger partial charge on any atom is 0.309 e. The van der Waals surface area contributed by atoms with E-state index in [4.69, 9.17) is 11.6 Å². The van der Waals surface area contributed by atoms with E-state index < -0.39 is 11.1 Å². The highest BCUT2D eigenvalue weighted by atomic mass is 79.9. The molecular formula is C6H9BrClNO2. The molecular weight excluding hydrogens is 233 g/mol. The maximum absolute atomic E-state index is 10.5. The van der Waals surface area contributed by atoms with E-state index in [1.54, 1.807) is 0 Å². The zero-order chi connectivity index (χ0) is 8.69. The number of carbonyl (C=O) groups excluding carboxylic acids is 2. The van der Waals surface area contributed by atoms with Crippen molar-refractivity contribution in [3.05, 3.63) is 0 Å². The van der Waals surface area contributed by atoms with Crippen LogP contribution in [0.25, 0.3) is 0 Å². The minimum atomic E-state index is -0.955. The number of unbranched alkanes of at least 4 members (excludes halogenated alkanes) is 1. The summed E-state index contributed by atoms with van der Waals surface area (Å²) >= 11 is 8.12. The van der Waals surface area contributed by atoms with Crippen LogP contribution in [0.2, 0.25) is 0 Å². The van der Waals surface area contributed by atoms with Crippen LogP contribution in [-0.4, -0.2) is 23.0 Å². The zero-order valence-electron chi connectivity index (χ0n) is 5.90. The summed E-state index contributed by atoms with van der Waals surface area (Å²) < 4.78 is 0. The summed E-state index contributed by atoms with van der Waals surface area (Å²) in [5.41, 5.74) is 0. The van der Waals surface area contributed by atoms with Gasteiger partial charge in [0.15, 0.2) is 0 Å². The topological polar surface area (TPSA) is 46.2 Å². The van der Waals surface area contributed by atoms with Gasteiger partial charge in [-0.3, -0.25) is 9.59 Å². The van der Waals surface area contributed by atoms with E-state index in [1.165, 1.54) is 0 Å². The minimum absolute atomic E-state index is 0.503. The number of halogens is 2. The van der Waals surface area contributed by atoms with Crippen LogP contribution in [0.5, 0.6) is 0 Å². The average molecular weight is 242 g/mol. The second-order valence-electron chi connectivity index (χ2n) is 1.93. The molecule has 64 valence electrons. The Bertz CT molecular complexity index is 152. The number of hydrogen-bond donors (Lipinski definition) is 1. The highest BCUT2D eigenvalue weighted by Gasteiger charge is 2.07. The van der Waals surface area contributed by atoms with Crippen molar-refractivity contribution in [2.24, 2.45) is 0 Å². The fraction of sp³-hybridized carbons (Fsp3) is 0.667. The third-order valence-electron chi connectivity index (χ3n) is 1.02. The number of alkyl halides is 1. The quantitative estimate of drug-likeness (QED) is 0.339. The molecule has 0 saturated heterocycles. The largest absolute Gasteiger partial charge is 0.348 e. The van der Waals surface area contributed by atoms with Gasteiger partial charge in [0.05, 0.1) is 0 Å². The summed E-state index contributed by atoms with van der Waals surface area (Å²) in [6, 6.07) is 0. The van der Waals surface area contributed by atoms with Crippen LogP contribution in [0.1, 0.15) is 12.8 Å². The van der Waals surface area contributed by atoms with E-state index in [-0.39, 0.29) is 0 Å². The van der Waals surface area contributed by atoms with E-state index in [1.807, 2.05) is 0 Å². The first-order valence-corrected chi connectivity index (χ1v) is 4.72. The van der Waals surface area contributed by atoms with Crippen LogP contribution in [-0.2, 0) is 9.59 Å². The zero-order valence-corrected chi connectivity index (χ0v) is 8.24. The number of carbonyl (C=O) groups is 2. The van der Waals surface area contributed by atoms with Gasteiger partial charge in [-0.2, -0.15) is 0 Å². The Morgan fingerprint density at radius 2 is 2.00 bits per heavy atom. The third kappa shape index (κ3) is 6.31. The maximum atomic E-state index is 10.5. The molecule has 0 rings (SSSR count). The lowest BCUT2D eigenvalue weighted by molar-refractivity contribution is -0.133. The molecule has 3 nitrogen and oxygen atoms in total. The molecule has 0 atom stereocenters. The van der Waals surface area contributed by atoms with Crippen LogP contribution in [0.4, 0.5) is 0 Å². The Morgan fingerprint density at radius 3 is 2.45 bits per heavy atom. The summed E-state index contributed by atoms with van der Waals surface area (Å²) in [6.07, 6.45) is 1.82. The van der Waals surface area contributed by atoms with Gasteiger partial charge in [-0.1, -0.05) is 15.9 Å². The molecule has 0 saturated carbocycles. The van der Waals surface area contributed by atoms with Gasteiger partial charge >= 0.3 is 11.1 Å². The van der Waals surface area contributed by atoms with Crippen molar-refractivity contribution in [2.75, 3.05) is 11.9 Å². The number of amides is 1. The lowest BCUT2D eigenvalue weighted by atomic mass is 10.3. The summed E-state index contributed by atoms with van der Waals surface area (Å²) in [5, 5.41) is 2.32. The fourth-order valence-corrected chi connectivity index (χ4v) is 0.954. The molecule has 0 aromatic carbocycles. The second-order valence-corrected chi connectivity index (χ2v) is 3.06. The standard InChI is InChI=1S/C6H9BrClNO2/c7-3-1-2-4-9-6(11)5(8)10/h1-4H2,(H,9,11). The van der Waals surface area contributed by atoms with E-state index in [9.17, 15) is 9.59 Å². The fourth-order valence-electron chi connectivity index (χ4n) is 0.491. The highest BCUT2D eigenvalue weighted by Crippen LogP contribution is 1.91. The molecule has 0 aromatic rings. The predicted molar refractivity (Wildman–Crippen MR) is 46.9 cm³/mol. The lowest BCUT2D eigenvalue weighted by Gasteiger charge is -1.98. The van der Waals surface area contributed by atoms with Gasteiger partial charge < -0.3 is 5.32 Å². The molecule has 0 fully saturated rings. The van der Waals surface area contributed by atoms with E-state index >= 15 is 0 Å². The number of nitrogens with one attached hydrogen (secondary N) is 1. The van der Waals surface area contributed by atoms with Crippen molar-refractivity contribution in [3.8, 4) is 0 Å². The smallest absolute Gasteiger partial charge is 0.309 e. The molecule has 0 unspecified atom stereocenters. The first kappa shape index (κ1) is 10.9. The molecule has 0 aliphatic carbocycles. The minimum Gasteiger partial charge on any atom is -0.348 e. The van der Waals surface area contributed by atoms with Crippen molar-refractivity contribution in [3.63, 3.8) is 0 Å². The molecule has 0 bridgehead atoms. The molecule has 0 aliphatic heterocycles. The summed E-state index contributed by atoms with van der Waals surface area (Å²) in [4.78, 5) is 20.7. The van der Waals surface area contributed by atoms with Crippen LogP contribution in [0.3, 0.4) is 0 Å². The molecule has 1 amide bonds. The van der Waals surface area contributed by atoms with Crippen LogP contribution in [0.15, 0.2) is 0 Å². The number of rotatable bonds is 5. The number of hydrogen-bond acceptors (Lipinski definition) is 2. The third-order valence-corrected chi connectivity index (χ3v) is 1.76. The molecule has 11 heavy (non-hydrogen) atoms. The van der Waals surface area contributed by atoms with Crippen LogP contribution >= 0.6 is 27.5 Å². The Morgan fingerprint density at radius 1 is 1.36 bits per heavy atom. The van der Waals surface area contributed by atoms with Gasteiger partial charge in [-0.05, 0) is 24.4 Å². The first-order chi connectivity index (χ1) is 5.18. The SMILES string of the molecule is O=C(Cl)C(=O)NCCCCBr. The van der Waals surface area contributed by atoms with Crippen molar-refractivity contribution in [2.45, 2.75) is 12.8 Å². The Kier molecular flexibility index (Phi) is 6.56. The van der Waals surface area contributed by atoms with E-state index in [0.717, 1.165) is 18.2 Å². The Hall–Kier alpha value is -0.0900. The van der Waals surface area contributed by atoms with Gasteiger partial charge in [0, 0.05) is 11.9 Å². The summed E-state index contributed by atoms with van der Waals surface area (Å²) in [6.45, 7) is 0.503. The summed E-state index contributed by atoms with van der Waals surface area (Å²) in [5.74, 6) is -0.721. The van der Waals surface area contributed by atoms with Gasteiger partial charge in [0.25, 0.3) is 0 Å². The van der Waals surface area contributed by atoms with Crippen molar-refractivity contribution >= 4 is 38.7 Å². The van der Waals surface area contributed by atoms with Gasteiger partial charge in [0.2, 0.25) is 0 Å². The molecule has 0 spiro atoms. The van der Waals surface area contributed by atoms with Gasteiger partial charge in [-0.25, -0.2) is 0 Å². The highest BCUT2D eigenvalue weighted by molar-refractivity contribution is 9.09. The van der Waals surface area contributed by atoms with E-state index in [2.05, 4.69) is 21.2 Å². The summed E-state index contributed by atoms with van der Waals surface area (Å²) in [7, 11) is 0. The van der Waals surface area contributed by atoms with Crippen LogP contribution < -0.4 is 5.32 Å². The molecule has 0 aromatic heterocycles. The van der Waals surface area contributed by atoms with Crippen LogP contribution in [0, 0.1) is 0 Å². The second kappa shape index (κ2) is 6.61. The van der Waals surface area contributed by atoms with Gasteiger partial charge in [0.1, 0.15) is 0 Å². The van der Waals surface area contributed by atoms with Crippen molar-refractivity contribution in [1.82, 2.24) is 5.32 Å². The molecule has 0 aliphatic rings.